The van der Waals surface area contributed by atoms with E-state index in [9.17, 15) is 4.39 Å². The molecule has 2 heterocycles. The van der Waals surface area contributed by atoms with Gasteiger partial charge < -0.3 is 0 Å². The third-order valence-electron chi connectivity index (χ3n) is 1.96. The van der Waals surface area contributed by atoms with E-state index >= 15 is 0 Å². The second kappa shape index (κ2) is 2.80. The molecule has 2 aromatic heterocycles. The van der Waals surface area contributed by atoms with Crippen LogP contribution in [0.5, 0.6) is 0 Å². The monoisotopic (exact) mass is 179 g/mol. The Labute approximate surface area is 75.2 Å². The van der Waals surface area contributed by atoms with Gasteiger partial charge in [0.25, 0.3) is 0 Å². The highest BCUT2D eigenvalue weighted by Gasteiger charge is 2.06. The molecule has 2 rings (SSSR count). The van der Waals surface area contributed by atoms with E-state index in [0.717, 1.165) is 12.0 Å². The number of nitrogens with zero attached hydrogens (tertiary/aromatic N) is 3. The van der Waals surface area contributed by atoms with Crippen LogP contribution in [0.3, 0.4) is 0 Å². The van der Waals surface area contributed by atoms with Gasteiger partial charge in [-0.2, -0.15) is 5.10 Å². The molecule has 13 heavy (non-hydrogen) atoms. The summed E-state index contributed by atoms with van der Waals surface area (Å²) in [7, 11) is 0. The second-order valence-corrected chi connectivity index (χ2v) is 2.98. The second-order valence-electron chi connectivity index (χ2n) is 2.98. The molecule has 4 heteroatoms. The van der Waals surface area contributed by atoms with Gasteiger partial charge in [0, 0.05) is 6.20 Å². The van der Waals surface area contributed by atoms with Crippen molar-refractivity contribution in [2.24, 2.45) is 0 Å². The molecule has 0 saturated carbocycles. The van der Waals surface area contributed by atoms with Crippen molar-refractivity contribution < 1.29 is 4.39 Å². The zero-order valence-electron chi connectivity index (χ0n) is 7.58. The normalized spacial score (nSPS) is 11.0. The van der Waals surface area contributed by atoms with E-state index in [1.807, 2.05) is 6.92 Å². The maximum Gasteiger partial charge on any atom is 0.191 e. The SMILES string of the molecule is CCc1cc(F)c2nc(C)nn2c1. The molecule has 0 saturated heterocycles. The summed E-state index contributed by atoms with van der Waals surface area (Å²) in [4.78, 5) is 3.96. The van der Waals surface area contributed by atoms with Gasteiger partial charge in [0.15, 0.2) is 11.5 Å². The van der Waals surface area contributed by atoms with Crippen LogP contribution in [0.1, 0.15) is 18.3 Å². The van der Waals surface area contributed by atoms with Crippen molar-refractivity contribution in [1.29, 1.82) is 0 Å². The molecular weight excluding hydrogens is 169 g/mol. The van der Waals surface area contributed by atoms with Gasteiger partial charge in [0.1, 0.15) is 5.82 Å². The zero-order chi connectivity index (χ0) is 9.42. The average Bonchev–Trinajstić information content (AvgIpc) is 2.46. The predicted octanol–water partition coefficient (Wildman–Crippen LogP) is 1.74. The van der Waals surface area contributed by atoms with E-state index in [1.54, 1.807) is 13.1 Å². The number of pyridine rings is 1. The van der Waals surface area contributed by atoms with E-state index in [1.165, 1.54) is 10.6 Å². The zero-order valence-corrected chi connectivity index (χ0v) is 7.58. The molecule has 0 bridgehead atoms. The first-order valence-corrected chi connectivity index (χ1v) is 4.22. The van der Waals surface area contributed by atoms with Gasteiger partial charge in [-0.15, -0.1) is 0 Å². The summed E-state index contributed by atoms with van der Waals surface area (Å²) >= 11 is 0. The standard InChI is InChI=1S/C9H10FN3/c1-3-7-4-8(10)9-11-6(2)12-13(9)5-7/h4-5H,3H2,1-2H3. The molecular formula is C9H10FN3. The Morgan fingerprint density at radius 3 is 3.00 bits per heavy atom. The summed E-state index contributed by atoms with van der Waals surface area (Å²) in [6.45, 7) is 3.72. The maximum absolute atomic E-state index is 13.3. The Bertz CT molecular complexity index is 447. The minimum atomic E-state index is -0.306. The van der Waals surface area contributed by atoms with Gasteiger partial charge in [-0.1, -0.05) is 6.92 Å². The first-order chi connectivity index (χ1) is 6.20. The van der Waals surface area contributed by atoms with Crippen molar-refractivity contribution in [3.05, 3.63) is 29.5 Å². The lowest BCUT2D eigenvalue weighted by Gasteiger charge is -1.97. The van der Waals surface area contributed by atoms with Gasteiger partial charge in [-0.25, -0.2) is 13.9 Å². The van der Waals surface area contributed by atoms with Crippen molar-refractivity contribution in [2.45, 2.75) is 20.3 Å². The number of hydrogen-bond donors (Lipinski definition) is 0. The number of aromatic nitrogens is 3. The summed E-state index contributed by atoms with van der Waals surface area (Å²) in [5.41, 5.74) is 1.23. The molecule has 0 radical (unpaired) electrons. The molecule has 2 aromatic rings. The van der Waals surface area contributed by atoms with Crippen molar-refractivity contribution >= 4 is 5.65 Å². The quantitative estimate of drug-likeness (QED) is 0.667. The first kappa shape index (κ1) is 8.16. The minimum absolute atomic E-state index is 0.301. The summed E-state index contributed by atoms with van der Waals surface area (Å²) in [6.07, 6.45) is 2.60. The molecule has 0 spiro atoms. The summed E-state index contributed by atoms with van der Waals surface area (Å²) in [6, 6.07) is 1.50. The molecule has 0 N–H and O–H groups in total. The topological polar surface area (TPSA) is 30.2 Å². The van der Waals surface area contributed by atoms with Gasteiger partial charge in [0.2, 0.25) is 0 Å². The molecule has 0 unspecified atom stereocenters. The van der Waals surface area contributed by atoms with Crippen LogP contribution in [-0.4, -0.2) is 14.6 Å². The molecule has 0 aromatic carbocycles. The van der Waals surface area contributed by atoms with Crippen LogP contribution in [0.25, 0.3) is 5.65 Å². The molecule has 0 aliphatic carbocycles. The first-order valence-electron chi connectivity index (χ1n) is 4.22. The molecule has 0 fully saturated rings. The fourth-order valence-corrected chi connectivity index (χ4v) is 1.30. The van der Waals surface area contributed by atoms with Crippen LogP contribution in [-0.2, 0) is 6.42 Å². The Kier molecular flexibility index (Phi) is 1.76. The smallest absolute Gasteiger partial charge is 0.191 e. The molecule has 68 valence electrons. The lowest BCUT2D eigenvalue weighted by atomic mass is 10.2. The molecule has 3 nitrogen and oxygen atoms in total. The van der Waals surface area contributed by atoms with E-state index in [-0.39, 0.29) is 5.82 Å². The van der Waals surface area contributed by atoms with Gasteiger partial charge in [-0.3, -0.25) is 0 Å². The highest BCUT2D eigenvalue weighted by atomic mass is 19.1. The largest absolute Gasteiger partial charge is 0.218 e. The number of aryl methyl sites for hydroxylation is 2. The Morgan fingerprint density at radius 1 is 1.54 bits per heavy atom. The number of fused-ring (bicyclic) bond motifs is 1. The Hall–Kier alpha value is -1.45. The highest BCUT2D eigenvalue weighted by Crippen LogP contribution is 2.10. The van der Waals surface area contributed by atoms with Crippen molar-refractivity contribution in [3.8, 4) is 0 Å². The fourth-order valence-electron chi connectivity index (χ4n) is 1.30. The van der Waals surface area contributed by atoms with Gasteiger partial charge in [-0.05, 0) is 25.0 Å². The van der Waals surface area contributed by atoms with Gasteiger partial charge in [0.05, 0.1) is 0 Å². The highest BCUT2D eigenvalue weighted by molar-refractivity contribution is 5.40. The van der Waals surface area contributed by atoms with Crippen LogP contribution in [0.4, 0.5) is 4.39 Å². The Balaban J connectivity index is 2.75. The average molecular weight is 179 g/mol. The number of hydrogen-bond acceptors (Lipinski definition) is 2. The number of rotatable bonds is 1. The third kappa shape index (κ3) is 1.28. The lowest BCUT2D eigenvalue weighted by Crippen LogP contribution is -1.94. The third-order valence-corrected chi connectivity index (χ3v) is 1.96. The molecule has 0 amide bonds. The summed E-state index contributed by atoms with van der Waals surface area (Å²) in [5, 5.41) is 4.05. The van der Waals surface area contributed by atoms with Crippen LogP contribution in [0, 0.1) is 12.7 Å². The minimum Gasteiger partial charge on any atom is -0.218 e. The van der Waals surface area contributed by atoms with E-state index in [2.05, 4.69) is 10.1 Å². The molecule has 0 atom stereocenters. The summed E-state index contributed by atoms with van der Waals surface area (Å²) < 4.78 is 14.8. The van der Waals surface area contributed by atoms with Crippen LogP contribution in [0.15, 0.2) is 12.3 Å². The predicted molar refractivity (Wildman–Crippen MR) is 47.1 cm³/mol. The lowest BCUT2D eigenvalue weighted by molar-refractivity contribution is 0.624. The van der Waals surface area contributed by atoms with Crippen molar-refractivity contribution in [1.82, 2.24) is 14.6 Å². The van der Waals surface area contributed by atoms with Crippen LogP contribution in [0.2, 0.25) is 0 Å². The van der Waals surface area contributed by atoms with Crippen molar-refractivity contribution in [3.63, 3.8) is 0 Å². The van der Waals surface area contributed by atoms with Crippen LogP contribution >= 0.6 is 0 Å². The van der Waals surface area contributed by atoms with Gasteiger partial charge >= 0.3 is 0 Å². The van der Waals surface area contributed by atoms with Crippen molar-refractivity contribution in [2.75, 3.05) is 0 Å². The summed E-state index contributed by atoms with van der Waals surface area (Å²) in [5.74, 6) is 0.284. The van der Waals surface area contributed by atoms with E-state index in [4.69, 9.17) is 0 Å². The van der Waals surface area contributed by atoms with Crippen LogP contribution < -0.4 is 0 Å². The Morgan fingerprint density at radius 2 is 2.31 bits per heavy atom. The van der Waals surface area contributed by atoms with E-state index < -0.39 is 0 Å². The number of halogens is 1. The maximum atomic E-state index is 13.3. The molecule has 0 aliphatic rings. The van der Waals surface area contributed by atoms with E-state index in [0.29, 0.717) is 11.5 Å². The fraction of sp³-hybridized carbons (Fsp3) is 0.333. The molecule has 0 aliphatic heterocycles.